The summed E-state index contributed by atoms with van der Waals surface area (Å²) >= 11 is 1.25. The van der Waals surface area contributed by atoms with Gasteiger partial charge in [0.15, 0.2) is 0 Å². The largest absolute Gasteiger partial charge is 0.471 e. The minimum absolute atomic E-state index is 0.104. The fourth-order valence-electron chi connectivity index (χ4n) is 2.68. The van der Waals surface area contributed by atoms with Gasteiger partial charge in [0, 0.05) is 17.6 Å². The molecule has 0 unspecified atom stereocenters. The molecule has 0 aromatic carbocycles. The standard InChI is InChI=1S/C16H12F3N5O2S/c17-16(18,19)14-22-13(23-26-14)11-6-9-3-5-24(8-12(9)27-11)15(25)21-10-2-1-4-20-7-10/h1-2,4,6-7H,3,5,8H2,(H,21,25). The lowest BCUT2D eigenvalue weighted by atomic mass is 10.1. The number of alkyl halides is 3. The van der Waals surface area contributed by atoms with Crippen molar-refractivity contribution >= 4 is 23.1 Å². The molecule has 27 heavy (non-hydrogen) atoms. The Morgan fingerprint density at radius 2 is 2.22 bits per heavy atom. The third kappa shape index (κ3) is 3.63. The summed E-state index contributed by atoms with van der Waals surface area (Å²) in [6.07, 6.45) is -0.928. The maximum Gasteiger partial charge on any atom is 0.471 e. The van der Waals surface area contributed by atoms with E-state index in [0.717, 1.165) is 10.4 Å². The van der Waals surface area contributed by atoms with E-state index in [1.165, 1.54) is 11.3 Å². The van der Waals surface area contributed by atoms with Crippen LogP contribution in [0.1, 0.15) is 16.3 Å². The Balaban J connectivity index is 1.49. The van der Waals surface area contributed by atoms with E-state index in [9.17, 15) is 18.0 Å². The van der Waals surface area contributed by atoms with Crippen LogP contribution in [-0.4, -0.2) is 32.6 Å². The van der Waals surface area contributed by atoms with E-state index in [0.29, 0.717) is 30.1 Å². The monoisotopic (exact) mass is 395 g/mol. The van der Waals surface area contributed by atoms with E-state index in [4.69, 9.17) is 0 Å². The van der Waals surface area contributed by atoms with Gasteiger partial charge >= 0.3 is 18.1 Å². The Kier molecular flexibility index (Phi) is 4.30. The molecule has 1 aliphatic rings. The van der Waals surface area contributed by atoms with Crippen LogP contribution in [0.5, 0.6) is 0 Å². The average molecular weight is 395 g/mol. The van der Waals surface area contributed by atoms with Crippen LogP contribution in [0.25, 0.3) is 10.7 Å². The first-order valence-corrected chi connectivity index (χ1v) is 8.70. The first-order chi connectivity index (χ1) is 12.9. The topological polar surface area (TPSA) is 84.2 Å². The zero-order valence-electron chi connectivity index (χ0n) is 13.7. The minimum atomic E-state index is -4.68. The summed E-state index contributed by atoms with van der Waals surface area (Å²) in [6, 6.07) is 4.94. The molecule has 0 radical (unpaired) electrons. The maximum absolute atomic E-state index is 12.6. The van der Waals surface area contributed by atoms with Gasteiger partial charge in [-0.15, -0.1) is 11.3 Å². The number of halogens is 3. The van der Waals surface area contributed by atoms with Crippen molar-refractivity contribution < 1.29 is 22.5 Å². The number of urea groups is 1. The van der Waals surface area contributed by atoms with Gasteiger partial charge in [-0.1, -0.05) is 5.16 Å². The van der Waals surface area contributed by atoms with Gasteiger partial charge in [0.2, 0.25) is 5.82 Å². The van der Waals surface area contributed by atoms with Gasteiger partial charge in [0.05, 0.1) is 23.3 Å². The van der Waals surface area contributed by atoms with Crippen LogP contribution in [0, 0.1) is 0 Å². The first kappa shape index (κ1) is 17.5. The molecule has 3 aromatic rings. The third-order valence-electron chi connectivity index (χ3n) is 3.97. The van der Waals surface area contributed by atoms with Crippen LogP contribution in [0.15, 0.2) is 35.1 Å². The Bertz CT molecular complexity index is 970. The molecule has 0 atom stereocenters. The summed E-state index contributed by atoms with van der Waals surface area (Å²) in [6.45, 7) is 0.853. The highest BCUT2D eigenvalue weighted by atomic mass is 32.1. The van der Waals surface area contributed by atoms with E-state index in [1.54, 1.807) is 35.5 Å². The van der Waals surface area contributed by atoms with Crippen LogP contribution < -0.4 is 5.32 Å². The van der Waals surface area contributed by atoms with E-state index < -0.39 is 12.1 Å². The number of rotatable bonds is 2. The number of pyridine rings is 1. The zero-order chi connectivity index (χ0) is 19.0. The van der Waals surface area contributed by atoms with Gasteiger partial charge in [0.25, 0.3) is 0 Å². The summed E-state index contributed by atoms with van der Waals surface area (Å²) in [5.74, 6) is -1.48. The third-order valence-corrected chi connectivity index (χ3v) is 5.13. The van der Waals surface area contributed by atoms with Crippen LogP contribution >= 0.6 is 11.3 Å². The fraction of sp³-hybridized carbons (Fsp3) is 0.250. The van der Waals surface area contributed by atoms with Crippen molar-refractivity contribution in [2.45, 2.75) is 19.1 Å². The number of nitrogens with zero attached hydrogens (tertiary/aromatic N) is 4. The number of hydrogen-bond acceptors (Lipinski definition) is 6. The average Bonchev–Trinajstić information content (AvgIpc) is 3.28. The van der Waals surface area contributed by atoms with Crippen molar-refractivity contribution in [3.8, 4) is 10.7 Å². The van der Waals surface area contributed by atoms with E-state index in [-0.39, 0.29) is 11.9 Å². The minimum Gasteiger partial charge on any atom is -0.329 e. The molecular weight excluding hydrogens is 383 g/mol. The summed E-state index contributed by atoms with van der Waals surface area (Å²) in [5, 5.41) is 6.18. The quantitative estimate of drug-likeness (QED) is 0.714. The number of nitrogens with one attached hydrogen (secondary N) is 1. The number of carbonyl (C=O) groups excluding carboxylic acids is 1. The first-order valence-electron chi connectivity index (χ1n) is 7.89. The Labute approximate surface area is 154 Å². The smallest absolute Gasteiger partial charge is 0.329 e. The summed E-state index contributed by atoms with van der Waals surface area (Å²) < 4.78 is 42.1. The van der Waals surface area contributed by atoms with Gasteiger partial charge in [-0.25, -0.2) is 4.79 Å². The number of anilines is 1. The molecule has 3 aromatic heterocycles. The Morgan fingerprint density at radius 3 is 2.93 bits per heavy atom. The fourth-order valence-corrected chi connectivity index (χ4v) is 3.83. The summed E-state index contributed by atoms with van der Waals surface area (Å²) in [7, 11) is 0. The summed E-state index contributed by atoms with van der Waals surface area (Å²) in [5.41, 5.74) is 1.56. The SMILES string of the molecule is O=C(Nc1cccnc1)N1CCc2cc(-c3noc(C(F)(F)F)n3)sc2C1. The molecular formula is C16H12F3N5O2S. The highest BCUT2D eigenvalue weighted by Crippen LogP contribution is 2.35. The number of carbonyl (C=O) groups is 1. The van der Waals surface area contributed by atoms with Crippen LogP contribution in [-0.2, 0) is 19.1 Å². The molecule has 0 saturated heterocycles. The molecule has 1 aliphatic heterocycles. The van der Waals surface area contributed by atoms with Gasteiger partial charge < -0.3 is 14.7 Å². The zero-order valence-corrected chi connectivity index (χ0v) is 14.5. The Hall–Kier alpha value is -2.95. The van der Waals surface area contributed by atoms with Crippen molar-refractivity contribution in [1.82, 2.24) is 20.0 Å². The number of fused-ring (bicyclic) bond motifs is 1. The molecule has 7 nitrogen and oxygen atoms in total. The normalized spacial score (nSPS) is 14.1. The van der Waals surface area contributed by atoms with Crippen LogP contribution in [0.2, 0.25) is 0 Å². The predicted molar refractivity (Wildman–Crippen MR) is 90.0 cm³/mol. The van der Waals surface area contributed by atoms with Gasteiger partial charge in [0.1, 0.15) is 0 Å². The predicted octanol–water partition coefficient (Wildman–Crippen LogP) is 3.80. The van der Waals surface area contributed by atoms with Gasteiger partial charge in [-0.2, -0.15) is 18.2 Å². The van der Waals surface area contributed by atoms with Crippen molar-refractivity contribution in [3.63, 3.8) is 0 Å². The van der Waals surface area contributed by atoms with E-state index >= 15 is 0 Å². The lowest BCUT2D eigenvalue weighted by Gasteiger charge is -2.26. The molecule has 0 saturated carbocycles. The van der Waals surface area contributed by atoms with Gasteiger partial charge in [-0.05, 0) is 30.2 Å². The second kappa shape index (κ2) is 6.65. The number of hydrogen-bond donors (Lipinski definition) is 1. The lowest BCUT2D eigenvalue weighted by Crippen LogP contribution is -2.38. The van der Waals surface area contributed by atoms with Gasteiger partial charge in [-0.3, -0.25) is 4.98 Å². The molecule has 4 rings (SSSR count). The molecule has 0 spiro atoms. The van der Waals surface area contributed by atoms with E-state index in [2.05, 4.69) is 25.0 Å². The molecule has 11 heteroatoms. The second-order valence-electron chi connectivity index (χ2n) is 5.82. The van der Waals surface area contributed by atoms with Crippen molar-refractivity contribution in [2.75, 3.05) is 11.9 Å². The lowest BCUT2D eigenvalue weighted by molar-refractivity contribution is -0.159. The number of amides is 2. The van der Waals surface area contributed by atoms with E-state index in [1.807, 2.05) is 0 Å². The molecule has 0 aliphatic carbocycles. The number of thiophene rings is 1. The maximum atomic E-state index is 12.6. The summed E-state index contributed by atoms with van der Waals surface area (Å²) in [4.78, 5) is 22.7. The molecule has 2 amide bonds. The highest BCUT2D eigenvalue weighted by Gasteiger charge is 2.38. The van der Waals surface area contributed by atoms with Crippen molar-refractivity contribution in [2.24, 2.45) is 0 Å². The van der Waals surface area contributed by atoms with Crippen molar-refractivity contribution in [3.05, 3.63) is 46.9 Å². The molecule has 0 bridgehead atoms. The van der Waals surface area contributed by atoms with Crippen LogP contribution in [0.3, 0.4) is 0 Å². The Morgan fingerprint density at radius 1 is 1.37 bits per heavy atom. The second-order valence-corrected chi connectivity index (χ2v) is 6.96. The molecule has 4 heterocycles. The highest BCUT2D eigenvalue weighted by molar-refractivity contribution is 7.15. The van der Waals surface area contributed by atoms with Crippen molar-refractivity contribution in [1.29, 1.82) is 0 Å². The molecule has 140 valence electrons. The molecule has 1 N–H and O–H groups in total. The number of aromatic nitrogens is 3. The van der Waals surface area contributed by atoms with Crippen LogP contribution in [0.4, 0.5) is 23.7 Å². The molecule has 0 fully saturated rings.